The van der Waals surface area contributed by atoms with Gasteiger partial charge >= 0.3 is 0 Å². The molecule has 1 aromatic carbocycles. The number of nitrogens with two attached hydrogens (primary N) is 1. The number of ether oxygens (including phenoxy) is 1. The van der Waals surface area contributed by atoms with E-state index >= 15 is 0 Å². The van der Waals surface area contributed by atoms with Gasteiger partial charge in [0.05, 0.1) is 12.1 Å². The topological polar surface area (TPSA) is 35.2 Å². The van der Waals surface area contributed by atoms with E-state index in [1.54, 1.807) is 7.11 Å². The Kier molecular flexibility index (Phi) is 4.74. The van der Waals surface area contributed by atoms with Gasteiger partial charge in [0.1, 0.15) is 5.75 Å². The van der Waals surface area contributed by atoms with E-state index in [-0.39, 0.29) is 11.3 Å². The highest BCUT2D eigenvalue weighted by Crippen LogP contribution is 2.32. The van der Waals surface area contributed by atoms with Gasteiger partial charge in [0, 0.05) is 5.92 Å². The van der Waals surface area contributed by atoms with Crippen molar-refractivity contribution in [2.24, 2.45) is 11.7 Å². The van der Waals surface area contributed by atoms with Crippen LogP contribution in [0.15, 0.2) is 18.2 Å². The maximum absolute atomic E-state index is 5.67. The molecule has 1 aromatic rings. The van der Waals surface area contributed by atoms with E-state index < -0.39 is 0 Å². The normalized spacial score (nSPS) is 13.2. The Hall–Kier alpha value is -1.09. The highest BCUT2D eigenvalue weighted by atomic mass is 32.1. The first-order valence-corrected chi connectivity index (χ1v) is 6.63. The van der Waals surface area contributed by atoms with E-state index in [4.69, 9.17) is 22.7 Å². The molecule has 0 amide bonds. The molecule has 3 heteroatoms. The van der Waals surface area contributed by atoms with Crippen molar-refractivity contribution in [1.82, 2.24) is 0 Å². The molecule has 0 spiro atoms. The van der Waals surface area contributed by atoms with Gasteiger partial charge in [0.2, 0.25) is 0 Å². The highest BCUT2D eigenvalue weighted by molar-refractivity contribution is 7.80. The third-order valence-corrected chi connectivity index (χ3v) is 3.50. The molecule has 1 unspecified atom stereocenters. The first-order valence-electron chi connectivity index (χ1n) is 6.22. The third kappa shape index (κ3) is 3.70. The van der Waals surface area contributed by atoms with Crippen LogP contribution in [-0.4, -0.2) is 12.1 Å². The van der Waals surface area contributed by atoms with Crippen molar-refractivity contribution >= 4 is 17.2 Å². The fourth-order valence-corrected chi connectivity index (χ4v) is 2.01. The molecule has 0 aliphatic carbocycles. The lowest BCUT2D eigenvalue weighted by atomic mass is 9.84. The van der Waals surface area contributed by atoms with Crippen LogP contribution in [0.2, 0.25) is 0 Å². The van der Waals surface area contributed by atoms with Crippen LogP contribution in [0.25, 0.3) is 0 Å². The van der Waals surface area contributed by atoms with E-state index in [2.05, 4.69) is 39.8 Å². The minimum atomic E-state index is 0.0633. The summed E-state index contributed by atoms with van der Waals surface area (Å²) in [6, 6.07) is 6.32. The molecule has 0 saturated carbocycles. The Morgan fingerprint density at radius 1 is 1.39 bits per heavy atom. The molecular formula is C15H23NOS. The summed E-state index contributed by atoms with van der Waals surface area (Å²) in [6.45, 7) is 8.62. The summed E-state index contributed by atoms with van der Waals surface area (Å²) in [6.07, 6.45) is 0.877. The van der Waals surface area contributed by atoms with Crippen molar-refractivity contribution in [3.63, 3.8) is 0 Å². The number of methoxy groups -OCH3 is 1. The molecule has 18 heavy (non-hydrogen) atoms. The average molecular weight is 265 g/mol. The molecule has 0 saturated heterocycles. The van der Waals surface area contributed by atoms with E-state index in [1.165, 1.54) is 11.1 Å². The monoisotopic (exact) mass is 265 g/mol. The van der Waals surface area contributed by atoms with Crippen molar-refractivity contribution in [3.8, 4) is 5.75 Å². The van der Waals surface area contributed by atoms with Gasteiger partial charge in [-0.3, -0.25) is 0 Å². The second kappa shape index (κ2) is 5.70. The van der Waals surface area contributed by atoms with Gasteiger partial charge in [-0.25, -0.2) is 0 Å². The highest BCUT2D eigenvalue weighted by Gasteiger charge is 2.19. The molecule has 0 heterocycles. The molecule has 0 aliphatic rings. The predicted octanol–water partition coefficient (Wildman–Crippen LogP) is 3.46. The van der Waals surface area contributed by atoms with E-state index in [1.807, 2.05) is 6.07 Å². The van der Waals surface area contributed by atoms with Crippen LogP contribution in [0.3, 0.4) is 0 Å². The zero-order chi connectivity index (χ0) is 13.9. The Morgan fingerprint density at radius 2 is 2.00 bits per heavy atom. The molecule has 2 N–H and O–H groups in total. The summed E-state index contributed by atoms with van der Waals surface area (Å²) in [5.41, 5.74) is 8.20. The number of benzene rings is 1. The molecule has 0 fully saturated rings. The molecule has 0 aliphatic heterocycles. The van der Waals surface area contributed by atoms with Gasteiger partial charge < -0.3 is 10.5 Å². The maximum atomic E-state index is 5.67. The van der Waals surface area contributed by atoms with E-state index in [0.29, 0.717) is 4.99 Å². The van der Waals surface area contributed by atoms with Gasteiger partial charge in [-0.1, -0.05) is 52.0 Å². The minimum Gasteiger partial charge on any atom is -0.496 e. The molecule has 100 valence electrons. The second-order valence-corrected chi connectivity index (χ2v) is 6.26. The molecule has 0 aromatic heterocycles. The van der Waals surface area contributed by atoms with Crippen molar-refractivity contribution in [2.45, 2.75) is 39.5 Å². The van der Waals surface area contributed by atoms with Gasteiger partial charge in [0.15, 0.2) is 0 Å². The van der Waals surface area contributed by atoms with Crippen LogP contribution in [0.4, 0.5) is 0 Å². The largest absolute Gasteiger partial charge is 0.496 e. The smallest absolute Gasteiger partial charge is 0.122 e. The first-order chi connectivity index (χ1) is 8.25. The van der Waals surface area contributed by atoms with Crippen LogP contribution in [-0.2, 0) is 11.8 Å². The van der Waals surface area contributed by atoms with Crippen LogP contribution in [0, 0.1) is 5.92 Å². The number of hydrogen-bond donors (Lipinski definition) is 1. The molecular weight excluding hydrogens is 242 g/mol. The average Bonchev–Trinajstić information content (AvgIpc) is 2.27. The van der Waals surface area contributed by atoms with Crippen LogP contribution in [0.1, 0.15) is 38.8 Å². The van der Waals surface area contributed by atoms with Gasteiger partial charge in [0.25, 0.3) is 0 Å². The number of hydrogen-bond acceptors (Lipinski definition) is 2. The quantitative estimate of drug-likeness (QED) is 0.847. The van der Waals surface area contributed by atoms with Gasteiger partial charge in [-0.05, 0) is 29.0 Å². The van der Waals surface area contributed by atoms with Gasteiger partial charge in [-0.15, -0.1) is 0 Å². The second-order valence-electron chi connectivity index (χ2n) is 5.79. The SMILES string of the molecule is COc1ccc(CC(C)C(N)=S)cc1C(C)(C)C. The summed E-state index contributed by atoms with van der Waals surface area (Å²) in [5.74, 6) is 1.16. The Balaban J connectivity index is 3.07. The maximum Gasteiger partial charge on any atom is 0.122 e. The Bertz CT molecular complexity index is 435. The fourth-order valence-electron chi connectivity index (χ4n) is 1.92. The van der Waals surface area contributed by atoms with Crippen molar-refractivity contribution in [3.05, 3.63) is 29.3 Å². The molecule has 0 bridgehead atoms. The minimum absolute atomic E-state index is 0.0633. The van der Waals surface area contributed by atoms with Crippen molar-refractivity contribution < 1.29 is 4.74 Å². The first kappa shape index (κ1) is 15.0. The molecule has 0 radical (unpaired) electrons. The van der Waals surface area contributed by atoms with Crippen molar-refractivity contribution in [1.29, 1.82) is 0 Å². The number of rotatable bonds is 4. The van der Waals surface area contributed by atoms with Crippen LogP contribution < -0.4 is 10.5 Å². The lowest BCUT2D eigenvalue weighted by molar-refractivity contribution is 0.397. The Morgan fingerprint density at radius 3 is 2.44 bits per heavy atom. The lowest BCUT2D eigenvalue weighted by Gasteiger charge is -2.23. The number of thiocarbonyl (C=S) groups is 1. The van der Waals surface area contributed by atoms with Crippen molar-refractivity contribution in [2.75, 3.05) is 7.11 Å². The molecule has 2 nitrogen and oxygen atoms in total. The van der Waals surface area contributed by atoms with E-state index in [0.717, 1.165) is 12.2 Å². The third-order valence-electron chi connectivity index (χ3n) is 3.10. The van der Waals surface area contributed by atoms with Gasteiger partial charge in [-0.2, -0.15) is 0 Å². The molecule has 1 atom stereocenters. The Labute approximate surface area is 116 Å². The summed E-state index contributed by atoms with van der Waals surface area (Å²) in [4.78, 5) is 0.572. The van der Waals surface area contributed by atoms with E-state index in [9.17, 15) is 0 Å². The summed E-state index contributed by atoms with van der Waals surface area (Å²) in [7, 11) is 1.71. The predicted molar refractivity (Wildman–Crippen MR) is 81.3 cm³/mol. The van der Waals surface area contributed by atoms with Crippen LogP contribution in [0.5, 0.6) is 5.75 Å². The van der Waals surface area contributed by atoms with Crippen LogP contribution >= 0.6 is 12.2 Å². The zero-order valence-corrected chi connectivity index (χ0v) is 12.7. The lowest BCUT2D eigenvalue weighted by Crippen LogP contribution is -2.20. The molecule has 1 rings (SSSR count). The standard InChI is InChI=1S/C15H23NOS/c1-10(14(16)18)8-11-6-7-13(17-5)12(9-11)15(2,3)4/h6-7,9-10H,8H2,1-5H3,(H2,16,18). The summed E-state index contributed by atoms with van der Waals surface area (Å²) < 4.78 is 5.43. The fraction of sp³-hybridized carbons (Fsp3) is 0.533. The summed E-state index contributed by atoms with van der Waals surface area (Å²) >= 11 is 5.03. The zero-order valence-electron chi connectivity index (χ0n) is 11.9. The summed E-state index contributed by atoms with van der Waals surface area (Å²) in [5, 5.41) is 0.